The zero-order valence-electron chi connectivity index (χ0n) is 20.6. The Bertz CT molecular complexity index is 1620. The number of halogens is 2. The maximum Gasteiger partial charge on any atom is 0.267 e. The number of aromatic nitrogens is 3. The topological polar surface area (TPSA) is 97.5 Å². The minimum atomic E-state index is -0.511. The molecule has 0 saturated carbocycles. The van der Waals surface area contributed by atoms with Gasteiger partial charge in [0.1, 0.15) is 12.4 Å². The number of aryl methyl sites for hydroxylation is 2. The molecule has 0 unspecified atom stereocenters. The Morgan fingerprint density at radius 2 is 1.84 bits per heavy atom. The normalized spacial score (nSPS) is 10.9. The number of hydrogen-bond donors (Lipinski definition) is 2. The first-order chi connectivity index (χ1) is 17.7. The number of imidazole rings is 1. The van der Waals surface area contributed by atoms with Gasteiger partial charge in [-0.15, -0.1) is 0 Å². The zero-order valence-corrected chi connectivity index (χ0v) is 21.3. The van der Waals surface area contributed by atoms with Crippen LogP contribution in [0, 0.1) is 19.7 Å². The van der Waals surface area contributed by atoms with Gasteiger partial charge in [0.25, 0.3) is 5.56 Å². The summed E-state index contributed by atoms with van der Waals surface area (Å²) in [6, 6.07) is 10.7. The lowest BCUT2D eigenvalue weighted by Crippen LogP contribution is -2.23. The number of amides is 2. The van der Waals surface area contributed by atoms with E-state index in [0.717, 1.165) is 12.1 Å². The van der Waals surface area contributed by atoms with Crippen LogP contribution >= 0.6 is 11.6 Å². The number of benzene rings is 2. The lowest BCUT2D eigenvalue weighted by atomic mass is 10.0. The second-order valence-corrected chi connectivity index (χ2v) is 8.80. The number of carbonyl (C=O) groups excluding carboxylic acids is 2. The molecule has 2 aromatic heterocycles. The van der Waals surface area contributed by atoms with E-state index in [-0.39, 0.29) is 22.8 Å². The van der Waals surface area contributed by atoms with E-state index in [4.69, 9.17) is 16.6 Å². The van der Waals surface area contributed by atoms with Crippen LogP contribution < -0.4 is 16.2 Å². The predicted octanol–water partition coefficient (Wildman–Crippen LogP) is 4.90. The van der Waals surface area contributed by atoms with E-state index in [1.165, 1.54) is 16.5 Å². The molecule has 0 aliphatic heterocycles. The Kier molecular flexibility index (Phi) is 7.26. The summed E-state index contributed by atoms with van der Waals surface area (Å²) < 4.78 is 16.5. The lowest BCUT2D eigenvalue weighted by molar-refractivity contribution is -0.116. The van der Waals surface area contributed by atoms with E-state index >= 15 is 0 Å². The van der Waals surface area contributed by atoms with Gasteiger partial charge in [0, 0.05) is 22.6 Å². The Morgan fingerprint density at radius 3 is 2.51 bits per heavy atom. The third-order valence-corrected chi connectivity index (χ3v) is 6.44. The summed E-state index contributed by atoms with van der Waals surface area (Å²) in [7, 11) is 0. The highest BCUT2D eigenvalue weighted by Gasteiger charge is 2.23. The summed E-state index contributed by atoms with van der Waals surface area (Å²) >= 11 is 6.05. The Hall–Kier alpha value is -4.24. The van der Waals surface area contributed by atoms with Crippen molar-refractivity contribution >= 4 is 40.6 Å². The fraction of sp³-hybridized carbons (Fsp3) is 0.185. The molecule has 10 heteroatoms. The molecule has 2 N–H and O–H groups in total. The smallest absolute Gasteiger partial charge is 0.267 e. The van der Waals surface area contributed by atoms with Gasteiger partial charge >= 0.3 is 0 Å². The Labute approximate surface area is 217 Å². The fourth-order valence-electron chi connectivity index (χ4n) is 4.18. The number of nitrogens with zero attached hydrogens (tertiary/aromatic N) is 3. The number of carbonyl (C=O) groups is 2. The monoisotopic (exact) mass is 521 g/mol. The van der Waals surface area contributed by atoms with Crippen LogP contribution in [-0.4, -0.2) is 25.8 Å². The molecular formula is C27H25ClFN5O3. The predicted molar refractivity (Wildman–Crippen MR) is 143 cm³/mol. The molecule has 4 rings (SSSR count). The van der Waals surface area contributed by atoms with Gasteiger partial charge in [-0.25, -0.2) is 13.8 Å². The second kappa shape index (κ2) is 10.4. The third kappa shape index (κ3) is 4.90. The van der Waals surface area contributed by atoms with Crippen molar-refractivity contribution in [2.75, 3.05) is 10.6 Å². The van der Waals surface area contributed by atoms with Crippen LogP contribution in [0.1, 0.15) is 24.0 Å². The van der Waals surface area contributed by atoms with Gasteiger partial charge in [0.05, 0.1) is 22.0 Å². The van der Waals surface area contributed by atoms with Crippen LogP contribution in [0.4, 0.5) is 15.8 Å². The minimum Gasteiger partial charge on any atom is -0.323 e. The molecule has 2 heterocycles. The van der Waals surface area contributed by atoms with Crippen LogP contribution in [0.3, 0.4) is 0 Å². The van der Waals surface area contributed by atoms with Crippen molar-refractivity contribution in [1.82, 2.24) is 14.0 Å². The molecule has 0 fully saturated rings. The van der Waals surface area contributed by atoms with E-state index in [1.54, 1.807) is 42.7 Å². The molecule has 2 aromatic carbocycles. The molecule has 37 heavy (non-hydrogen) atoms. The number of hydrogen-bond acceptors (Lipinski definition) is 4. The van der Waals surface area contributed by atoms with E-state index in [9.17, 15) is 18.8 Å². The van der Waals surface area contributed by atoms with Crippen molar-refractivity contribution in [3.8, 4) is 11.1 Å². The highest BCUT2D eigenvalue weighted by molar-refractivity contribution is 6.33. The van der Waals surface area contributed by atoms with Crippen molar-refractivity contribution in [2.24, 2.45) is 0 Å². The van der Waals surface area contributed by atoms with Crippen molar-refractivity contribution in [1.29, 1.82) is 0 Å². The molecule has 2 amide bonds. The maximum absolute atomic E-state index is 13.9. The molecule has 0 saturated heterocycles. The number of nitrogens with one attached hydrogen (secondary N) is 2. The largest absolute Gasteiger partial charge is 0.323 e. The first-order valence-corrected chi connectivity index (χ1v) is 11.9. The molecule has 0 radical (unpaired) electrons. The Morgan fingerprint density at radius 1 is 1.11 bits per heavy atom. The molecule has 0 spiro atoms. The minimum absolute atomic E-state index is 0.0769. The zero-order chi connectivity index (χ0) is 26.9. The molecule has 0 atom stereocenters. The summed E-state index contributed by atoms with van der Waals surface area (Å²) in [5.41, 5.74) is 3.14. The summed E-state index contributed by atoms with van der Waals surface area (Å²) in [6.45, 7) is 8.79. The van der Waals surface area contributed by atoms with Gasteiger partial charge in [0.2, 0.25) is 17.6 Å². The van der Waals surface area contributed by atoms with Crippen LogP contribution in [0.25, 0.3) is 16.9 Å². The highest BCUT2D eigenvalue weighted by Crippen LogP contribution is 2.29. The summed E-state index contributed by atoms with van der Waals surface area (Å²) in [5, 5.41) is 5.50. The number of rotatable bonds is 7. The van der Waals surface area contributed by atoms with Crippen LogP contribution in [0.5, 0.6) is 0 Å². The average molecular weight is 522 g/mol. The van der Waals surface area contributed by atoms with Gasteiger partial charge < -0.3 is 15.2 Å². The average Bonchev–Trinajstić information content (AvgIpc) is 3.10. The number of anilines is 2. The quantitative estimate of drug-likeness (QED) is 0.338. The van der Waals surface area contributed by atoms with Gasteiger partial charge in [-0.3, -0.25) is 14.4 Å². The van der Waals surface area contributed by atoms with Crippen molar-refractivity contribution in [2.45, 2.75) is 33.7 Å². The summed E-state index contributed by atoms with van der Waals surface area (Å²) in [6.07, 6.45) is 1.59. The molecule has 4 aromatic rings. The fourth-order valence-corrected chi connectivity index (χ4v) is 4.39. The van der Waals surface area contributed by atoms with Crippen molar-refractivity contribution in [3.63, 3.8) is 0 Å². The van der Waals surface area contributed by atoms with E-state index < -0.39 is 17.6 Å². The van der Waals surface area contributed by atoms with Crippen LogP contribution in [0.15, 0.2) is 59.9 Å². The summed E-state index contributed by atoms with van der Waals surface area (Å²) in [4.78, 5) is 43.5. The van der Waals surface area contributed by atoms with E-state index in [0.29, 0.717) is 46.1 Å². The Balaban J connectivity index is 1.82. The molecular weight excluding hydrogens is 497 g/mol. The standard InChI is InChI=1S/C27H25ClFN5O3/c1-5-20-25(18-9-7-8-10-21(18)30-23(35)6-2)26(37)34-16(4)15(3)33(27(34)32-20)14-24(36)31-22-12-11-17(29)13-19(22)28/h6-13H,2,5,14H2,1,3-4H3,(H,30,35)(H,31,36). The molecule has 8 nitrogen and oxygen atoms in total. The van der Waals surface area contributed by atoms with Crippen LogP contribution in [-0.2, 0) is 22.6 Å². The SMILES string of the molecule is C=CC(=O)Nc1ccccc1-c1c(CC)nc2n(CC(=O)Nc3ccc(F)cc3Cl)c(C)c(C)n2c1=O. The van der Waals surface area contributed by atoms with E-state index in [2.05, 4.69) is 17.2 Å². The highest BCUT2D eigenvalue weighted by atomic mass is 35.5. The summed E-state index contributed by atoms with van der Waals surface area (Å²) in [5.74, 6) is -1.01. The second-order valence-electron chi connectivity index (χ2n) is 8.40. The van der Waals surface area contributed by atoms with Crippen molar-refractivity contribution in [3.05, 3.63) is 93.4 Å². The number of para-hydroxylation sites is 1. The van der Waals surface area contributed by atoms with Crippen molar-refractivity contribution < 1.29 is 14.0 Å². The first-order valence-electron chi connectivity index (χ1n) is 11.5. The molecule has 0 aliphatic carbocycles. The molecule has 0 aliphatic rings. The van der Waals surface area contributed by atoms with Gasteiger partial charge in [0.15, 0.2) is 0 Å². The van der Waals surface area contributed by atoms with Crippen LogP contribution in [0.2, 0.25) is 5.02 Å². The van der Waals surface area contributed by atoms with Gasteiger partial charge in [-0.05, 0) is 50.6 Å². The first kappa shape index (κ1) is 25.8. The maximum atomic E-state index is 13.9. The molecule has 190 valence electrons. The van der Waals surface area contributed by atoms with Gasteiger partial charge in [-0.1, -0.05) is 43.3 Å². The molecule has 0 bridgehead atoms. The lowest BCUT2D eigenvalue weighted by Gasteiger charge is -2.14. The van der Waals surface area contributed by atoms with E-state index in [1.807, 2.05) is 6.92 Å². The van der Waals surface area contributed by atoms with Gasteiger partial charge in [-0.2, -0.15) is 0 Å². The number of fused-ring (bicyclic) bond motifs is 1. The third-order valence-electron chi connectivity index (χ3n) is 6.13.